The van der Waals surface area contributed by atoms with Crippen LogP contribution in [-0.4, -0.2) is 6.54 Å². The first-order valence-electron chi connectivity index (χ1n) is 6.59. The van der Waals surface area contributed by atoms with Crippen molar-refractivity contribution in [2.75, 3.05) is 6.54 Å². The van der Waals surface area contributed by atoms with Gasteiger partial charge in [0.15, 0.2) is 0 Å². The Bertz CT molecular complexity index is 349. The average Bonchev–Trinajstić information content (AvgIpc) is 2.31. The molecule has 17 heavy (non-hydrogen) atoms. The highest BCUT2D eigenvalue weighted by Crippen LogP contribution is 2.27. The summed E-state index contributed by atoms with van der Waals surface area (Å²) in [5, 5.41) is 3.57. The second-order valence-corrected chi connectivity index (χ2v) is 4.82. The van der Waals surface area contributed by atoms with E-state index in [4.69, 9.17) is 0 Å². The molecule has 0 fully saturated rings. The number of hydrogen-bond acceptors (Lipinski definition) is 1. The highest BCUT2D eigenvalue weighted by atomic mass is 19.1. The Morgan fingerprint density at radius 3 is 2.53 bits per heavy atom. The van der Waals surface area contributed by atoms with E-state index in [9.17, 15) is 4.39 Å². The number of halogens is 1. The molecule has 0 radical (unpaired) electrons. The molecular formula is C15H24FN. The van der Waals surface area contributed by atoms with Gasteiger partial charge < -0.3 is 5.32 Å². The molecule has 0 aliphatic heterocycles. The summed E-state index contributed by atoms with van der Waals surface area (Å²) in [6, 6.07) is 5.44. The summed E-state index contributed by atoms with van der Waals surface area (Å²) in [4.78, 5) is 0. The fourth-order valence-corrected chi connectivity index (χ4v) is 2.14. The Hall–Kier alpha value is -0.890. The monoisotopic (exact) mass is 237 g/mol. The fraction of sp³-hybridized carbons (Fsp3) is 0.600. The van der Waals surface area contributed by atoms with Crippen LogP contribution < -0.4 is 5.32 Å². The number of rotatable bonds is 6. The third-order valence-corrected chi connectivity index (χ3v) is 3.39. The lowest BCUT2D eigenvalue weighted by Gasteiger charge is -2.26. The maximum atomic E-state index is 13.1. The van der Waals surface area contributed by atoms with Crippen LogP contribution in [0.15, 0.2) is 18.2 Å². The first-order valence-corrected chi connectivity index (χ1v) is 6.59. The van der Waals surface area contributed by atoms with Crippen LogP contribution in [0, 0.1) is 18.7 Å². The average molecular weight is 237 g/mol. The molecule has 1 aromatic carbocycles. The predicted octanol–water partition coefficient (Wildman–Crippen LogP) is 4.22. The predicted molar refractivity (Wildman–Crippen MR) is 71.6 cm³/mol. The second-order valence-electron chi connectivity index (χ2n) is 4.82. The van der Waals surface area contributed by atoms with Gasteiger partial charge in [0.1, 0.15) is 5.82 Å². The molecule has 0 aliphatic carbocycles. The van der Waals surface area contributed by atoms with Crippen molar-refractivity contribution in [3.8, 4) is 0 Å². The maximum absolute atomic E-state index is 13.1. The maximum Gasteiger partial charge on any atom is 0.123 e. The van der Waals surface area contributed by atoms with Gasteiger partial charge in [0.05, 0.1) is 0 Å². The van der Waals surface area contributed by atoms with Crippen molar-refractivity contribution >= 4 is 0 Å². The topological polar surface area (TPSA) is 12.0 Å². The fourth-order valence-electron chi connectivity index (χ4n) is 2.14. The molecule has 2 atom stereocenters. The van der Waals surface area contributed by atoms with Crippen LogP contribution in [0.2, 0.25) is 0 Å². The van der Waals surface area contributed by atoms with Gasteiger partial charge >= 0.3 is 0 Å². The summed E-state index contributed by atoms with van der Waals surface area (Å²) in [6.45, 7) is 9.60. The summed E-state index contributed by atoms with van der Waals surface area (Å²) in [7, 11) is 0. The summed E-state index contributed by atoms with van der Waals surface area (Å²) in [5.41, 5.74) is 2.27. The molecule has 0 spiro atoms. The van der Waals surface area contributed by atoms with E-state index in [2.05, 4.69) is 26.1 Å². The smallest absolute Gasteiger partial charge is 0.123 e. The highest BCUT2D eigenvalue weighted by Gasteiger charge is 2.18. The zero-order valence-corrected chi connectivity index (χ0v) is 11.4. The Morgan fingerprint density at radius 1 is 1.29 bits per heavy atom. The summed E-state index contributed by atoms with van der Waals surface area (Å²) >= 11 is 0. The standard InChI is InChI=1S/C15H24FN/c1-5-9-17-15(11(3)6-2)14-8-7-13(16)10-12(14)4/h7-8,10-11,15,17H,5-6,9H2,1-4H3. The van der Waals surface area contributed by atoms with E-state index in [0.717, 1.165) is 24.9 Å². The van der Waals surface area contributed by atoms with Gasteiger partial charge in [0, 0.05) is 6.04 Å². The number of benzene rings is 1. The largest absolute Gasteiger partial charge is 0.310 e. The molecule has 0 aromatic heterocycles. The lowest BCUT2D eigenvalue weighted by Crippen LogP contribution is -2.28. The Kier molecular flexibility index (Phi) is 5.63. The lowest BCUT2D eigenvalue weighted by atomic mass is 9.89. The zero-order chi connectivity index (χ0) is 12.8. The van der Waals surface area contributed by atoms with Gasteiger partial charge in [-0.25, -0.2) is 4.39 Å². The molecule has 2 heteroatoms. The molecule has 96 valence electrons. The van der Waals surface area contributed by atoms with E-state index < -0.39 is 0 Å². The molecule has 1 N–H and O–H groups in total. The number of nitrogens with one attached hydrogen (secondary N) is 1. The van der Waals surface area contributed by atoms with Crippen LogP contribution in [0.5, 0.6) is 0 Å². The molecule has 0 saturated heterocycles. The molecule has 0 aliphatic rings. The first kappa shape index (κ1) is 14.2. The number of hydrogen-bond donors (Lipinski definition) is 1. The minimum Gasteiger partial charge on any atom is -0.310 e. The van der Waals surface area contributed by atoms with Gasteiger partial charge in [-0.15, -0.1) is 0 Å². The van der Waals surface area contributed by atoms with Crippen LogP contribution in [-0.2, 0) is 0 Å². The van der Waals surface area contributed by atoms with Crippen LogP contribution in [0.3, 0.4) is 0 Å². The van der Waals surface area contributed by atoms with Crippen LogP contribution in [0.4, 0.5) is 4.39 Å². The van der Waals surface area contributed by atoms with E-state index in [1.807, 2.05) is 13.0 Å². The van der Waals surface area contributed by atoms with Gasteiger partial charge in [-0.3, -0.25) is 0 Å². The molecule has 2 unspecified atom stereocenters. The molecule has 1 rings (SSSR count). The summed E-state index contributed by atoms with van der Waals surface area (Å²) in [6.07, 6.45) is 2.24. The minimum absolute atomic E-state index is 0.148. The van der Waals surface area contributed by atoms with Crippen molar-refractivity contribution in [3.05, 3.63) is 35.1 Å². The quantitative estimate of drug-likeness (QED) is 0.781. The van der Waals surface area contributed by atoms with E-state index in [1.54, 1.807) is 12.1 Å². The van der Waals surface area contributed by atoms with Crippen molar-refractivity contribution in [2.45, 2.75) is 46.6 Å². The number of aryl methyl sites for hydroxylation is 1. The van der Waals surface area contributed by atoms with Crippen LogP contribution in [0.25, 0.3) is 0 Å². The Morgan fingerprint density at radius 2 is 2.00 bits per heavy atom. The molecular weight excluding hydrogens is 213 g/mol. The Labute approximate surface area is 104 Å². The summed E-state index contributed by atoms with van der Waals surface area (Å²) < 4.78 is 13.1. The Balaban J connectivity index is 2.95. The van der Waals surface area contributed by atoms with Crippen LogP contribution in [0.1, 0.15) is 50.8 Å². The molecule has 0 bridgehead atoms. The van der Waals surface area contributed by atoms with Gasteiger partial charge in [-0.2, -0.15) is 0 Å². The van der Waals surface area contributed by atoms with E-state index in [0.29, 0.717) is 12.0 Å². The lowest BCUT2D eigenvalue weighted by molar-refractivity contribution is 0.375. The van der Waals surface area contributed by atoms with Crippen molar-refractivity contribution < 1.29 is 4.39 Å². The molecule has 1 nitrogen and oxygen atoms in total. The van der Waals surface area contributed by atoms with Crippen LogP contribution >= 0.6 is 0 Å². The second kappa shape index (κ2) is 6.75. The minimum atomic E-state index is -0.148. The molecule has 1 aromatic rings. The van der Waals surface area contributed by atoms with Gasteiger partial charge in [-0.05, 0) is 49.1 Å². The van der Waals surface area contributed by atoms with Crippen molar-refractivity contribution in [2.24, 2.45) is 5.92 Å². The highest BCUT2D eigenvalue weighted by molar-refractivity contribution is 5.30. The third-order valence-electron chi connectivity index (χ3n) is 3.39. The van der Waals surface area contributed by atoms with Crippen molar-refractivity contribution in [3.63, 3.8) is 0 Å². The van der Waals surface area contributed by atoms with Crippen molar-refractivity contribution in [1.82, 2.24) is 5.32 Å². The van der Waals surface area contributed by atoms with Gasteiger partial charge in [-0.1, -0.05) is 33.3 Å². The van der Waals surface area contributed by atoms with E-state index >= 15 is 0 Å². The molecule has 0 amide bonds. The zero-order valence-electron chi connectivity index (χ0n) is 11.4. The van der Waals surface area contributed by atoms with E-state index in [1.165, 1.54) is 5.56 Å². The molecule has 0 saturated carbocycles. The normalized spacial score (nSPS) is 14.6. The van der Waals surface area contributed by atoms with E-state index in [-0.39, 0.29) is 5.82 Å². The molecule has 0 heterocycles. The first-order chi connectivity index (χ1) is 8.10. The SMILES string of the molecule is CCCNC(c1ccc(F)cc1C)C(C)CC. The summed E-state index contributed by atoms with van der Waals surface area (Å²) in [5.74, 6) is 0.412. The van der Waals surface area contributed by atoms with Crippen molar-refractivity contribution in [1.29, 1.82) is 0 Å². The third kappa shape index (κ3) is 3.81. The van der Waals surface area contributed by atoms with Gasteiger partial charge in [0.2, 0.25) is 0 Å². The van der Waals surface area contributed by atoms with Gasteiger partial charge in [0.25, 0.3) is 0 Å².